The molecule has 0 saturated heterocycles. The zero-order valence-corrected chi connectivity index (χ0v) is 22.3. The van der Waals surface area contributed by atoms with Crippen LogP contribution in [0.3, 0.4) is 0 Å². The number of carbonyl (C=O) groups is 1. The Kier molecular flexibility index (Phi) is 8.70. The molecule has 0 heterocycles. The van der Waals surface area contributed by atoms with E-state index in [4.69, 9.17) is 27.9 Å². The van der Waals surface area contributed by atoms with Gasteiger partial charge in [0.15, 0.2) is 0 Å². The van der Waals surface area contributed by atoms with E-state index >= 15 is 0 Å². The molecule has 3 aromatic carbocycles. The molecule has 0 unspecified atom stereocenters. The fourth-order valence-corrected chi connectivity index (χ4v) is 5.18. The van der Waals surface area contributed by atoms with Gasteiger partial charge in [-0.3, -0.25) is 9.10 Å². The van der Waals surface area contributed by atoms with Gasteiger partial charge in [-0.15, -0.1) is 0 Å². The lowest BCUT2D eigenvalue weighted by Crippen LogP contribution is -2.29. The van der Waals surface area contributed by atoms with Crippen molar-refractivity contribution in [2.45, 2.75) is 32.9 Å². The van der Waals surface area contributed by atoms with Crippen LogP contribution in [0.2, 0.25) is 10.0 Å². The van der Waals surface area contributed by atoms with E-state index in [-0.39, 0.29) is 18.5 Å². The van der Waals surface area contributed by atoms with Gasteiger partial charge in [0.25, 0.3) is 5.91 Å². The second-order valence-corrected chi connectivity index (χ2v) is 11.0. The van der Waals surface area contributed by atoms with Crippen molar-refractivity contribution in [2.24, 2.45) is 0 Å². The first-order valence-corrected chi connectivity index (χ1v) is 13.6. The fraction of sp³-hybridized carbons (Fsp3) is 0.269. The summed E-state index contributed by atoms with van der Waals surface area (Å²) in [5, 5.41) is 3.75. The zero-order valence-electron chi connectivity index (χ0n) is 20.0. The van der Waals surface area contributed by atoms with E-state index < -0.39 is 10.0 Å². The number of sulfonamides is 1. The van der Waals surface area contributed by atoms with Crippen LogP contribution in [0, 0.1) is 6.92 Å². The molecule has 0 aliphatic heterocycles. The van der Waals surface area contributed by atoms with Gasteiger partial charge in [-0.05, 0) is 66.4 Å². The molecule has 0 aliphatic carbocycles. The van der Waals surface area contributed by atoms with Crippen molar-refractivity contribution >= 4 is 44.8 Å². The minimum Gasteiger partial charge on any atom is -0.496 e. The van der Waals surface area contributed by atoms with E-state index in [9.17, 15) is 13.2 Å². The number of hydrogen-bond acceptors (Lipinski definition) is 4. The summed E-state index contributed by atoms with van der Waals surface area (Å²) in [6, 6.07) is 17.2. The Labute approximate surface area is 216 Å². The van der Waals surface area contributed by atoms with Crippen molar-refractivity contribution in [1.82, 2.24) is 5.32 Å². The van der Waals surface area contributed by atoms with Crippen LogP contribution in [-0.4, -0.2) is 27.7 Å². The third-order valence-corrected chi connectivity index (χ3v) is 7.19. The smallest absolute Gasteiger partial charge is 0.251 e. The largest absolute Gasteiger partial charge is 0.496 e. The fourth-order valence-electron chi connectivity index (χ4n) is 3.79. The van der Waals surface area contributed by atoms with E-state index in [0.717, 1.165) is 29.6 Å². The number of anilines is 1. The second-order valence-electron chi connectivity index (χ2n) is 8.26. The SMILES string of the molecule is CC[C@@H](NC(=O)c1ccc(CN(c2cc(Cl)cc(Cl)c2)S(C)(=O)=O)cc1)c1ccc(OC)c(C)c1. The third kappa shape index (κ3) is 6.90. The summed E-state index contributed by atoms with van der Waals surface area (Å²) in [4.78, 5) is 12.9. The van der Waals surface area contributed by atoms with Gasteiger partial charge in [0.1, 0.15) is 5.75 Å². The lowest BCUT2D eigenvalue weighted by atomic mass is 10.0. The first-order valence-electron chi connectivity index (χ1n) is 11.0. The number of ether oxygens (including phenoxy) is 1. The summed E-state index contributed by atoms with van der Waals surface area (Å²) < 4.78 is 31.5. The van der Waals surface area contributed by atoms with E-state index in [2.05, 4.69) is 5.32 Å². The van der Waals surface area contributed by atoms with Crippen LogP contribution in [-0.2, 0) is 16.6 Å². The first-order chi connectivity index (χ1) is 16.5. The molecule has 0 spiro atoms. The number of carbonyl (C=O) groups excluding carboxylic acids is 1. The Morgan fingerprint density at radius 3 is 2.17 bits per heavy atom. The Balaban J connectivity index is 1.76. The van der Waals surface area contributed by atoms with Gasteiger partial charge in [0, 0.05) is 15.6 Å². The molecule has 0 saturated carbocycles. The predicted molar refractivity (Wildman–Crippen MR) is 142 cm³/mol. The van der Waals surface area contributed by atoms with Gasteiger partial charge in [-0.1, -0.05) is 54.4 Å². The highest BCUT2D eigenvalue weighted by Gasteiger charge is 2.20. The first kappa shape index (κ1) is 26.9. The van der Waals surface area contributed by atoms with Gasteiger partial charge in [0.2, 0.25) is 10.0 Å². The molecule has 35 heavy (non-hydrogen) atoms. The molecule has 0 bridgehead atoms. The molecule has 0 aromatic heterocycles. The monoisotopic (exact) mass is 534 g/mol. The van der Waals surface area contributed by atoms with Gasteiger partial charge in [-0.25, -0.2) is 8.42 Å². The summed E-state index contributed by atoms with van der Waals surface area (Å²) >= 11 is 12.1. The molecule has 3 aromatic rings. The molecule has 186 valence electrons. The number of halogens is 2. The van der Waals surface area contributed by atoms with Crippen molar-refractivity contribution in [2.75, 3.05) is 17.7 Å². The van der Waals surface area contributed by atoms with E-state index in [0.29, 0.717) is 26.9 Å². The number of aryl methyl sites for hydroxylation is 1. The number of hydrogen-bond donors (Lipinski definition) is 1. The van der Waals surface area contributed by atoms with Crippen LogP contribution in [0.4, 0.5) is 5.69 Å². The number of methoxy groups -OCH3 is 1. The molecule has 6 nitrogen and oxygen atoms in total. The van der Waals surface area contributed by atoms with Crippen molar-refractivity contribution < 1.29 is 17.9 Å². The lowest BCUT2D eigenvalue weighted by Gasteiger charge is -2.23. The predicted octanol–water partition coefficient (Wildman–Crippen LogP) is 6.16. The quantitative estimate of drug-likeness (QED) is 0.356. The van der Waals surface area contributed by atoms with Gasteiger partial charge in [-0.2, -0.15) is 0 Å². The van der Waals surface area contributed by atoms with Crippen molar-refractivity contribution in [3.05, 3.63) is 93.0 Å². The minimum absolute atomic E-state index is 0.0696. The van der Waals surface area contributed by atoms with Crippen LogP contribution in [0.5, 0.6) is 5.75 Å². The van der Waals surface area contributed by atoms with Crippen LogP contribution < -0.4 is 14.4 Å². The van der Waals surface area contributed by atoms with Gasteiger partial charge >= 0.3 is 0 Å². The summed E-state index contributed by atoms with van der Waals surface area (Å²) in [5.41, 5.74) is 3.56. The molecule has 9 heteroatoms. The number of nitrogens with zero attached hydrogens (tertiary/aromatic N) is 1. The summed E-state index contributed by atoms with van der Waals surface area (Å²) in [6.07, 6.45) is 1.84. The highest BCUT2D eigenvalue weighted by atomic mass is 35.5. The average Bonchev–Trinajstić information content (AvgIpc) is 2.79. The summed E-state index contributed by atoms with van der Waals surface area (Å²) in [7, 11) is -1.98. The highest BCUT2D eigenvalue weighted by Crippen LogP contribution is 2.29. The maximum Gasteiger partial charge on any atom is 0.251 e. The van der Waals surface area contributed by atoms with E-state index in [1.54, 1.807) is 43.5 Å². The van der Waals surface area contributed by atoms with E-state index in [1.807, 2.05) is 32.0 Å². The molecule has 1 atom stereocenters. The zero-order chi connectivity index (χ0) is 25.8. The summed E-state index contributed by atoms with van der Waals surface area (Å²) in [6.45, 7) is 4.04. The molecule has 3 rings (SSSR count). The third-order valence-electron chi connectivity index (χ3n) is 5.61. The normalized spacial score (nSPS) is 12.2. The summed E-state index contributed by atoms with van der Waals surface area (Å²) in [5.74, 6) is 0.590. The minimum atomic E-state index is -3.61. The number of nitrogens with one attached hydrogen (secondary N) is 1. The van der Waals surface area contributed by atoms with Crippen molar-refractivity contribution in [1.29, 1.82) is 0 Å². The molecule has 0 fully saturated rings. The Hall–Kier alpha value is -2.74. The molecule has 0 radical (unpaired) electrons. The number of rotatable bonds is 9. The van der Waals surface area contributed by atoms with Crippen LogP contribution in [0.1, 0.15) is 46.4 Å². The van der Waals surface area contributed by atoms with Crippen LogP contribution >= 0.6 is 23.2 Å². The lowest BCUT2D eigenvalue weighted by molar-refractivity contribution is 0.0935. The maximum atomic E-state index is 12.9. The number of amides is 1. The van der Waals surface area contributed by atoms with E-state index in [1.165, 1.54) is 10.4 Å². The van der Waals surface area contributed by atoms with Gasteiger partial charge in [0.05, 0.1) is 31.6 Å². The van der Waals surface area contributed by atoms with Crippen LogP contribution in [0.15, 0.2) is 60.7 Å². The van der Waals surface area contributed by atoms with Crippen molar-refractivity contribution in [3.8, 4) is 5.75 Å². The average molecular weight is 535 g/mol. The Morgan fingerprint density at radius 1 is 1.03 bits per heavy atom. The Morgan fingerprint density at radius 2 is 1.66 bits per heavy atom. The molecular weight excluding hydrogens is 507 g/mol. The maximum absolute atomic E-state index is 12.9. The molecule has 0 aliphatic rings. The molecule has 1 N–H and O–H groups in total. The number of benzene rings is 3. The van der Waals surface area contributed by atoms with Gasteiger partial charge < -0.3 is 10.1 Å². The molecule has 1 amide bonds. The van der Waals surface area contributed by atoms with Crippen molar-refractivity contribution in [3.63, 3.8) is 0 Å². The topological polar surface area (TPSA) is 75.7 Å². The second kappa shape index (κ2) is 11.3. The van der Waals surface area contributed by atoms with Crippen LogP contribution in [0.25, 0.3) is 0 Å². The molecular formula is C26H28Cl2N2O4S. The standard InChI is InChI=1S/C26H28Cl2N2O4S/c1-5-24(20-10-11-25(34-3)17(2)12-20)29-26(31)19-8-6-18(7-9-19)16-30(35(4,32)33)23-14-21(27)13-22(28)15-23/h6-15,24H,5,16H2,1-4H3,(H,29,31)/t24-/m1/s1. The highest BCUT2D eigenvalue weighted by molar-refractivity contribution is 7.92. The Bertz CT molecular complexity index is 1290.